The second-order valence-corrected chi connectivity index (χ2v) is 5.12. The number of benzene rings is 2. The van der Waals surface area contributed by atoms with Gasteiger partial charge in [-0.15, -0.1) is 11.6 Å². The van der Waals surface area contributed by atoms with Gasteiger partial charge in [0, 0.05) is 0 Å². The van der Waals surface area contributed by atoms with E-state index in [-0.39, 0.29) is 4.87 Å². The highest BCUT2D eigenvalue weighted by atomic mass is 35.5. The van der Waals surface area contributed by atoms with Gasteiger partial charge in [0.15, 0.2) is 0 Å². The minimum Gasteiger partial charge on any atom is -0.377 e. The van der Waals surface area contributed by atoms with Crippen LogP contribution in [0.2, 0.25) is 0 Å². The van der Waals surface area contributed by atoms with Crippen LogP contribution < -0.4 is 0 Å². The van der Waals surface area contributed by atoms with E-state index >= 15 is 0 Å². The van der Waals surface area contributed by atoms with Crippen LogP contribution in [0.3, 0.4) is 0 Å². The molecule has 1 saturated heterocycles. The van der Waals surface area contributed by atoms with E-state index in [2.05, 4.69) is 36.4 Å². The van der Waals surface area contributed by atoms with Crippen molar-refractivity contribution in [1.29, 1.82) is 0 Å². The van der Waals surface area contributed by atoms with E-state index in [1.807, 2.05) is 18.2 Å². The maximum atomic E-state index is 6.41. The lowest BCUT2D eigenvalue weighted by molar-refractivity contribution is -0.0152. The van der Waals surface area contributed by atoms with Crippen LogP contribution in [0.15, 0.2) is 54.6 Å². The molecule has 1 nitrogen and oxygen atoms in total. The molecular formula is C15H13ClO. The van der Waals surface area contributed by atoms with Crippen LogP contribution in [0.4, 0.5) is 0 Å². The van der Waals surface area contributed by atoms with Gasteiger partial charge in [0.1, 0.15) is 4.87 Å². The average molecular weight is 245 g/mol. The second-order valence-electron chi connectivity index (χ2n) is 4.40. The first-order valence-corrected chi connectivity index (χ1v) is 6.08. The first-order valence-electron chi connectivity index (χ1n) is 5.71. The third-order valence-corrected chi connectivity index (χ3v) is 3.61. The lowest BCUT2D eigenvalue weighted by atomic mass is 9.94. The highest BCUT2D eigenvalue weighted by molar-refractivity contribution is 6.24. The largest absolute Gasteiger partial charge is 0.377 e. The topological polar surface area (TPSA) is 9.23 Å². The van der Waals surface area contributed by atoms with E-state index in [0.29, 0.717) is 13.2 Å². The summed E-state index contributed by atoms with van der Waals surface area (Å²) in [5, 5.41) is 0. The van der Waals surface area contributed by atoms with Crippen molar-refractivity contribution in [3.8, 4) is 11.1 Å². The Kier molecular flexibility index (Phi) is 2.65. The molecule has 2 aromatic rings. The lowest BCUT2D eigenvalue weighted by Crippen LogP contribution is -2.41. The SMILES string of the molecule is ClC1(c2ccc(-c3ccccc3)cc2)COC1. The van der Waals surface area contributed by atoms with Crippen LogP contribution in [0, 0.1) is 0 Å². The summed E-state index contributed by atoms with van der Waals surface area (Å²) < 4.78 is 5.18. The summed E-state index contributed by atoms with van der Waals surface area (Å²) in [4.78, 5) is -0.296. The van der Waals surface area contributed by atoms with E-state index in [4.69, 9.17) is 16.3 Å². The van der Waals surface area contributed by atoms with Crippen LogP contribution in [-0.2, 0) is 9.61 Å². The van der Waals surface area contributed by atoms with Crippen molar-refractivity contribution in [3.05, 3.63) is 60.2 Å². The molecule has 0 atom stereocenters. The first-order chi connectivity index (χ1) is 8.28. The van der Waals surface area contributed by atoms with E-state index in [9.17, 15) is 0 Å². The van der Waals surface area contributed by atoms with Crippen molar-refractivity contribution in [1.82, 2.24) is 0 Å². The van der Waals surface area contributed by atoms with Gasteiger partial charge in [0.2, 0.25) is 0 Å². The van der Waals surface area contributed by atoms with Crippen LogP contribution in [0.5, 0.6) is 0 Å². The van der Waals surface area contributed by atoms with Crippen molar-refractivity contribution in [2.45, 2.75) is 4.87 Å². The number of alkyl halides is 1. The van der Waals surface area contributed by atoms with E-state index < -0.39 is 0 Å². The zero-order chi connectivity index (χ0) is 11.7. The summed E-state index contributed by atoms with van der Waals surface area (Å²) in [7, 11) is 0. The third-order valence-electron chi connectivity index (χ3n) is 3.17. The number of ether oxygens (including phenoxy) is 1. The van der Waals surface area contributed by atoms with Gasteiger partial charge >= 0.3 is 0 Å². The standard InChI is InChI=1S/C15H13ClO/c16-15(10-17-11-15)14-8-6-13(7-9-14)12-4-2-1-3-5-12/h1-9H,10-11H2. The van der Waals surface area contributed by atoms with Gasteiger partial charge in [0.05, 0.1) is 13.2 Å². The Morgan fingerprint density at radius 2 is 1.41 bits per heavy atom. The fourth-order valence-corrected chi connectivity index (χ4v) is 2.32. The average Bonchev–Trinajstić information content (AvgIpc) is 2.37. The Morgan fingerprint density at radius 3 is 1.94 bits per heavy atom. The number of halogens is 1. The van der Waals surface area contributed by atoms with Crippen molar-refractivity contribution >= 4 is 11.6 Å². The molecule has 0 bridgehead atoms. The fourth-order valence-electron chi connectivity index (χ4n) is 2.04. The van der Waals surface area contributed by atoms with Gasteiger partial charge in [-0.3, -0.25) is 0 Å². The summed E-state index contributed by atoms with van der Waals surface area (Å²) in [5.41, 5.74) is 3.59. The Hall–Kier alpha value is -1.31. The summed E-state index contributed by atoms with van der Waals surface area (Å²) >= 11 is 6.41. The van der Waals surface area contributed by atoms with Gasteiger partial charge in [-0.1, -0.05) is 54.6 Å². The third kappa shape index (κ3) is 1.97. The molecule has 1 fully saturated rings. The molecule has 0 N–H and O–H groups in total. The van der Waals surface area contributed by atoms with Crippen molar-refractivity contribution < 1.29 is 4.74 Å². The molecule has 1 aliphatic heterocycles. The summed E-state index contributed by atoms with van der Waals surface area (Å²) in [5.74, 6) is 0. The zero-order valence-electron chi connectivity index (χ0n) is 9.40. The molecule has 0 unspecified atom stereocenters. The molecule has 0 spiro atoms. The molecule has 2 aromatic carbocycles. The minimum atomic E-state index is -0.296. The Morgan fingerprint density at radius 1 is 0.824 bits per heavy atom. The molecule has 0 saturated carbocycles. The second kappa shape index (κ2) is 4.17. The molecule has 0 aromatic heterocycles. The minimum absolute atomic E-state index is 0.296. The molecule has 3 rings (SSSR count). The molecule has 0 amide bonds. The molecule has 1 heterocycles. The highest BCUT2D eigenvalue weighted by Gasteiger charge is 2.37. The Bertz CT molecular complexity index is 500. The Balaban J connectivity index is 1.90. The van der Waals surface area contributed by atoms with Crippen LogP contribution in [0.25, 0.3) is 11.1 Å². The first kappa shape index (κ1) is 10.8. The van der Waals surface area contributed by atoms with Gasteiger partial charge in [-0.2, -0.15) is 0 Å². The zero-order valence-corrected chi connectivity index (χ0v) is 10.2. The highest BCUT2D eigenvalue weighted by Crippen LogP contribution is 2.37. The number of hydrogen-bond donors (Lipinski definition) is 0. The van der Waals surface area contributed by atoms with Gasteiger partial charge < -0.3 is 4.74 Å². The smallest absolute Gasteiger partial charge is 0.116 e. The molecule has 2 heteroatoms. The summed E-state index contributed by atoms with van der Waals surface area (Å²) in [6.07, 6.45) is 0. The quantitative estimate of drug-likeness (QED) is 0.730. The van der Waals surface area contributed by atoms with E-state index in [1.165, 1.54) is 11.1 Å². The van der Waals surface area contributed by atoms with Gasteiger partial charge in [-0.25, -0.2) is 0 Å². The van der Waals surface area contributed by atoms with Crippen molar-refractivity contribution in [3.63, 3.8) is 0 Å². The van der Waals surface area contributed by atoms with Crippen molar-refractivity contribution in [2.75, 3.05) is 13.2 Å². The Labute approximate surface area is 106 Å². The number of hydrogen-bond acceptors (Lipinski definition) is 1. The van der Waals surface area contributed by atoms with Gasteiger partial charge in [-0.05, 0) is 16.7 Å². The summed E-state index contributed by atoms with van der Waals surface area (Å²) in [6.45, 7) is 1.22. The molecule has 1 aliphatic rings. The lowest BCUT2D eigenvalue weighted by Gasteiger charge is -2.36. The van der Waals surface area contributed by atoms with Crippen LogP contribution >= 0.6 is 11.6 Å². The molecule has 0 aliphatic carbocycles. The number of rotatable bonds is 2. The van der Waals surface area contributed by atoms with Gasteiger partial charge in [0.25, 0.3) is 0 Å². The maximum absolute atomic E-state index is 6.41. The summed E-state index contributed by atoms with van der Waals surface area (Å²) in [6, 6.07) is 18.8. The predicted molar refractivity (Wildman–Crippen MR) is 70.2 cm³/mol. The molecule has 86 valence electrons. The monoisotopic (exact) mass is 244 g/mol. The van der Waals surface area contributed by atoms with Crippen LogP contribution in [-0.4, -0.2) is 13.2 Å². The maximum Gasteiger partial charge on any atom is 0.116 e. The van der Waals surface area contributed by atoms with E-state index in [1.54, 1.807) is 0 Å². The molecule has 0 radical (unpaired) electrons. The van der Waals surface area contributed by atoms with Crippen molar-refractivity contribution in [2.24, 2.45) is 0 Å². The van der Waals surface area contributed by atoms with E-state index in [0.717, 1.165) is 5.56 Å². The molecule has 17 heavy (non-hydrogen) atoms. The van der Waals surface area contributed by atoms with Crippen LogP contribution in [0.1, 0.15) is 5.56 Å². The molecular weight excluding hydrogens is 232 g/mol. The predicted octanol–water partition coefficient (Wildman–Crippen LogP) is 3.82. The normalized spacial score (nSPS) is 17.5. The fraction of sp³-hybridized carbons (Fsp3) is 0.200.